The third kappa shape index (κ3) is 4.50. The van der Waals surface area contributed by atoms with Crippen LogP contribution in [0.4, 0.5) is 10.9 Å². The average Bonchev–Trinajstić information content (AvgIpc) is 3.34. The molecule has 2 aromatic rings. The summed E-state index contributed by atoms with van der Waals surface area (Å²) >= 11 is 1.61. The van der Waals surface area contributed by atoms with Crippen molar-refractivity contribution in [3.05, 3.63) is 28.7 Å². The van der Waals surface area contributed by atoms with Gasteiger partial charge in [0.1, 0.15) is 11.6 Å². The normalized spacial score (nSPS) is 20.5. The minimum atomic E-state index is 0.0961. The highest BCUT2D eigenvalue weighted by Gasteiger charge is 2.30. The summed E-state index contributed by atoms with van der Waals surface area (Å²) in [4.78, 5) is 32.0. The van der Waals surface area contributed by atoms with Crippen molar-refractivity contribution in [2.45, 2.75) is 52.0 Å². The molecule has 150 valence electrons. The van der Waals surface area contributed by atoms with Gasteiger partial charge >= 0.3 is 0 Å². The summed E-state index contributed by atoms with van der Waals surface area (Å²) in [5, 5.41) is 4.15. The third-order valence-electron chi connectivity index (χ3n) is 5.44. The van der Waals surface area contributed by atoms with Gasteiger partial charge in [0.2, 0.25) is 5.91 Å². The van der Waals surface area contributed by atoms with Crippen LogP contribution >= 0.6 is 11.3 Å². The van der Waals surface area contributed by atoms with E-state index in [1.165, 1.54) is 0 Å². The molecule has 0 aliphatic carbocycles. The predicted molar refractivity (Wildman–Crippen MR) is 111 cm³/mol. The van der Waals surface area contributed by atoms with Crippen LogP contribution in [0.2, 0.25) is 0 Å². The Bertz CT molecular complexity index is 832. The molecule has 1 unspecified atom stereocenters. The predicted octanol–water partition coefficient (Wildman–Crippen LogP) is 3.44. The molecular formula is C20H28N6OS. The van der Waals surface area contributed by atoms with Gasteiger partial charge in [0, 0.05) is 35.9 Å². The Balaban J connectivity index is 1.52. The highest BCUT2D eigenvalue weighted by molar-refractivity contribution is 7.15. The van der Waals surface area contributed by atoms with Crippen LogP contribution in [0.3, 0.4) is 0 Å². The molecule has 2 aromatic heterocycles. The third-order valence-corrected chi connectivity index (χ3v) is 6.26. The smallest absolute Gasteiger partial charge is 0.236 e. The van der Waals surface area contributed by atoms with Gasteiger partial charge in [-0.25, -0.2) is 15.0 Å². The topological polar surface area (TPSA) is 74.2 Å². The summed E-state index contributed by atoms with van der Waals surface area (Å²) in [5.41, 5.74) is 0.928. The Hall–Kier alpha value is -2.06. The molecule has 8 heteroatoms. The molecule has 0 aromatic carbocycles. The van der Waals surface area contributed by atoms with E-state index in [1.807, 2.05) is 31.0 Å². The van der Waals surface area contributed by atoms with E-state index in [0.717, 1.165) is 79.1 Å². The van der Waals surface area contributed by atoms with Crippen LogP contribution in [0.15, 0.2) is 12.3 Å². The summed E-state index contributed by atoms with van der Waals surface area (Å²) in [7, 11) is 0. The average molecular weight is 401 g/mol. The number of amides is 1. The minimum Gasteiger partial charge on any atom is -0.342 e. The Morgan fingerprint density at radius 1 is 1.18 bits per heavy atom. The summed E-state index contributed by atoms with van der Waals surface area (Å²) in [5.74, 6) is 1.83. The zero-order chi connectivity index (χ0) is 19.5. The first kappa shape index (κ1) is 19.3. The standard InChI is InChI=1S/C20H28N6OS/c1-14-11-17(24-20-21-12-15(2)28-20)23-19(22-14)16-7-3-4-10-26(16)13-18(27)25-8-5-6-9-25/h11-12,16H,3-10,13H2,1-2H3,(H,21,22,23,24). The molecule has 2 saturated heterocycles. The molecule has 1 amide bonds. The van der Waals surface area contributed by atoms with Crippen LogP contribution < -0.4 is 5.32 Å². The van der Waals surface area contributed by atoms with Crippen LogP contribution in [0.1, 0.15) is 54.5 Å². The monoisotopic (exact) mass is 400 g/mol. The van der Waals surface area contributed by atoms with Crippen molar-refractivity contribution >= 4 is 28.2 Å². The van der Waals surface area contributed by atoms with Gasteiger partial charge in [-0.3, -0.25) is 9.69 Å². The molecular weight excluding hydrogens is 372 g/mol. The van der Waals surface area contributed by atoms with E-state index in [1.54, 1.807) is 11.3 Å². The second-order valence-corrected chi connectivity index (χ2v) is 8.96. The Labute approximate surface area is 170 Å². The minimum absolute atomic E-state index is 0.0961. The number of aryl methyl sites for hydroxylation is 2. The van der Waals surface area contributed by atoms with E-state index in [4.69, 9.17) is 9.97 Å². The number of likely N-dealkylation sites (tertiary alicyclic amines) is 2. The number of hydrogen-bond donors (Lipinski definition) is 1. The number of aromatic nitrogens is 3. The van der Waals surface area contributed by atoms with E-state index in [0.29, 0.717) is 6.54 Å². The van der Waals surface area contributed by atoms with Gasteiger partial charge in [-0.15, -0.1) is 11.3 Å². The van der Waals surface area contributed by atoms with Gasteiger partial charge in [0.25, 0.3) is 0 Å². The van der Waals surface area contributed by atoms with Crippen molar-refractivity contribution in [2.24, 2.45) is 0 Å². The fourth-order valence-corrected chi connectivity index (χ4v) is 4.71. The Morgan fingerprint density at radius 3 is 2.71 bits per heavy atom. The first-order chi connectivity index (χ1) is 13.6. The Kier molecular flexibility index (Phi) is 5.87. The summed E-state index contributed by atoms with van der Waals surface area (Å²) in [6.07, 6.45) is 7.37. The molecule has 2 fully saturated rings. The van der Waals surface area contributed by atoms with E-state index in [2.05, 4.69) is 15.2 Å². The molecule has 1 atom stereocenters. The van der Waals surface area contributed by atoms with E-state index < -0.39 is 0 Å². The molecule has 28 heavy (non-hydrogen) atoms. The van der Waals surface area contributed by atoms with Gasteiger partial charge in [-0.1, -0.05) is 6.42 Å². The van der Waals surface area contributed by atoms with Gasteiger partial charge in [0.15, 0.2) is 5.13 Å². The lowest BCUT2D eigenvalue weighted by atomic mass is 10.0. The number of carbonyl (C=O) groups is 1. The van der Waals surface area contributed by atoms with E-state index in [9.17, 15) is 4.79 Å². The lowest BCUT2D eigenvalue weighted by Gasteiger charge is -2.35. The number of rotatable bonds is 5. The maximum atomic E-state index is 12.7. The van der Waals surface area contributed by atoms with Crippen molar-refractivity contribution in [3.8, 4) is 0 Å². The van der Waals surface area contributed by atoms with E-state index >= 15 is 0 Å². The molecule has 0 radical (unpaired) electrons. The van der Waals surface area contributed by atoms with Gasteiger partial charge in [-0.2, -0.15) is 0 Å². The number of carbonyl (C=O) groups excluding carboxylic acids is 1. The fraction of sp³-hybridized carbons (Fsp3) is 0.600. The number of anilines is 2. The second kappa shape index (κ2) is 8.53. The summed E-state index contributed by atoms with van der Waals surface area (Å²) < 4.78 is 0. The van der Waals surface area contributed by atoms with Crippen molar-refractivity contribution in [1.82, 2.24) is 24.8 Å². The summed E-state index contributed by atoms with van der Waals surface area (Å²) in [6.45, 7) is 7.23. The second-order valence-electron chi connectivity index (χ2n) is 7.72. The molecule has 0 bridgehead atoms. The lowest BCUT2D eigenvalue weighted by molar-refractivity contribution is -0.132. The highest BCUT2D eigenvalue weighted by Crippen LogP contribution is 2.30. The van der Waals surface area contributed by atoms with Crippen LogP contribution in [-0.2, 0) is 4.79 Å². The largest absolute Gasteiger partial charge is 0.342 e. The lowest BCUT2D eigenvalue weighted by Crippen LogP contribution is -2.43. The molecule has 4 rings (SSSR count). The number of thiazole rings is 1. The van der Waals surface area contributed by atoms with Crippen molar-refractivity contribution in [3.63, 3.8) is 0 Å². The molecule has 1 N–H and O–H groups in total. The molecule has 4 heterocycles. The first-order valence-electron chi connectivity index (χ1n) is 10.2. The SMILES string of the molecule is Cc1cc(Nc2ncc(C)s2)nc(C2CCCCN2CC(=O)N2CCCC2)n1. The summed E-state index contributed by atoms with van der Waals surface area (Å²) in [6, 6.07) is 2.04. The molecule has 0 spiro atoms. The van der Waals surface area contributed by atoms with Crippen LogP contribution in [0.5, 0.6) is 0 Å². The first-order valence-corrected chi connectivity index (χ1v) is 11.0. The molecule has 0 saturated carbocycles. The van der Waals surface area contributed by atoms with Gasteiger partial charge < -0.3 is 10.2 Å². The van der Waals surface area contributed by atoms with Crippen LogP contribution in [0, 0.1) is 13.8 Å². The maximum Gasteiger partial charge on any atom is 0.236 e. The number of nitrogens with one attached hydrogen (secondary N) is 1. The number of nitrogens with zero attached hydrogens (tertiary/aromatic N) is 5. The highest BCUT2D eigenvalue weighted by atomic mass is 32.1. The maximum absolute atomic E-state index is 12.7. The molecule has 2 aliphatic rings. The van der Waals surface area contributed by atoms with Gasteiger partial charge in [0.05, 0.1) is 12.6 Å². The van der Waals surface area contributed by atoms with Crippen LogP contribution in [-0.4, -0.2) is 56.8 Å². The van der Waals surface area contributed by atoms with Crippen molar-refractivity contribution in [1.29, 1.82) is 0 Å². The van der Waals surface area contributed by atoms with Gasteiger partial charge in [-0.05, 0) is 46.1 Å². The van der Waals surface area contributed by atoms with Crippen molar-refractivity contribution < 1.29 is 4.79 Å². The molecule has 2 aliphatic heterocycles. The molecule has 7 nitrogen and oxygen atoms in total. The fourth-order valence-electron chi connectivity index (χ4n) is 4.04. The quantitative estimate of drug-likeness (QED) is 0.829. The number of hydrogen-bond acceptors (Lipinski definition) is 7. The number of piperidine rings is 1. The van der Waals surface area contributed by atoms with E-state index in [-0.39, 0.29) is 11.9 Å². The van der Waals surface area contributed by atoms with Crippen molar-refractivity contribution in [2.75, 3.05) is 31.5 Å². The van der Waals surface area contributed by atoms with Crippen LogP contribution in [0.25, 0.3) is 0 Å². The Morgan fingerprint density at radius 2 is 1.96 bits per heavy atom. The zero-order valence-electron chi connectivity index (χ0n) is 16.6. The zero-order valence-corrected chi connectivity index (χ0v) is 17.5.